The second-order valence-corrected chi connectivity index (χ2v) is 5.21. The maximum atomic E-state index is 13.8. The van der Waals surface area contributed by atoms with Gasteiger partial charge in [-0.2, -0.15) is 0 Å². The monoisotopic (exact) mass is 259 g/mol. The number of benzene rings is 2. The molecule has 0 spiro atoms. The molecule has 2 aromatic carbocycles. The van der Waals surface area contributed by atoms with E-state index in [1.165, 1.54) is 6.07 Å². The van der Waals surface area contributed by atoms with E-state index in [0.29, 0.717) is 11.3 Å². The predicted octanol–water partition coefficient (Wildman–Crippen LogP) is 4.81. The molecule has 2 heteroatoms. The summed E-state index contributed by atoms with van der Waals surface area (Å²) in [5, 5.41) is 1.61. The fraction of sp³-hybridized carbons (Fsp3) is 0.412. The van der Waals surface area contributed by atoms with Crippen LogP contribution in [0, 0.1) is 11.7 Å². The van der Waals surface area contributed by atoms with Gasteiger partial charge in [-0.25, -0.2) is 4.39 Å². The molecular formula is C17H22FN. The van der Waals surface area contributed by atoms with Crippen molar-refractivity contribution in [2.24, 2.45) is 11.7 Å². The Balaban J connectivity index is 2.37. The summed E-state index contributed by atoms with van der Waals surface area (Å²) in [4.78, 5) is 0. The first-order valence-corrected chi connectivity index (χ1v) is 7.10. The van der Waals surface area contributed by atoms with Gasteiger partial charge in [-0.3, -0.25) is 0 Å². The lowest BCUT2D eigenvalue weighted by molar-refractivity contribution is 0.415. The maximum Gasteiger partial charge on any atom is 0.131 e. The van der Waals surface area contributed by atoms with Gasteiger partial charge < -0.3 is 5.73 Å². The minimum absolute atomic E-state index is 0.0181. The van der Waals surface area contributed by atoms with Gasteiger partial charge in [-0.15, -0.1) is 0 Å². The molecule has 0 fully saturated rings. The lowest BCUT2D eigenvalue weighted by atomic mass is 9.89. The summed E-state index contributed by atoms with van der Waals surface area (Å²) in [6.07, 6.45) is 3.25. The van der Waals surface area contributed by atoms with Crippen LogP contribution < -0.4 is 5.73 Å². The van der Waals surface area contributed by atoms with E-state index in [0.717, 1.165) is 30.2 Å². The van der Waals surface area contributed by atoms with Crippen LogP contribution in [0.2, 0.25) is 0 Å². The van der Waals surface area contributed by atoms with E-state index in [-0.39, 0.29) is 11.9 Å². The Labute approximate surface area is 114 Å². The number of halogens is 1. The van der Waals surface area contributed by atoms with Crippen molar-refractivity contribution in [2.75, 3.05) is 0 Å². The van der Waals surface area contributed by atoms with Crippen molar-refractivity contribution in [1.29, 1.82) is 0 Å². The lowest BCUT2D eigenvalue weighted by Gasteiger charge is -2.20. The average molecular weight is 259 g/mol. The molecule has 0 aliphatic rings. The molecule has 0 aliphatic carbocycles. The van der Waals surface area contributed by atoms with E-state index in [9.17, 15) is 4.39 Å². The Kier molecular flexibility index (Phi) is 4.54. The summed E-state index contributed by atoms with van der Waals surface area (Å²) in [5.41, 5.74) is 7.40. The van der Waals surface area contributed by atoms with E-state index < -0.39 is 0 Å². The first-order valence-electron chi connectivity index (χ1n) is 7.10. The van der Waals surface area contributed by atoms with Crippen molar-refractivity contribution in [1.82, 2.24) is 0 Å². The molecule has 0 aromatic heterocycles. The van der Waals surface area contributed by atoms with E-state index in [1.807, 2.05) is 30.3 Å². The third-order valence-corrected chi connectivity index (χ3v) is 4.05. The van der Waals surface area contributed by atoms with Crippen LogP contribution in [-0.4, -0.2) is 0 Å². The Bertz CT molecular complexity index is 546. The standard InChI is InChI=1S/C17H22FN/c1-3-12(4-2)11-17(19)15-9-10-16(18)14-8-6-5-7-13(14)15/h5-10,12,17H,3-4,11,19H2,1-2H3. The maximum absolute atomic E-state index is 13.8. The van der Waals surface area contributed by atoms with Gasteiger partial charge in [0, 0.05) is 11.4 Å². The largest absolute Gasteiger partial charge is 0.324 e. The van der Waals surface area contributed by atoms with Crippen molar-refractivity contribution in [2.45, 2.75) is 39.2 Å². The van der Waals surface area contributed by atoms with Gasteiger partial charge in [0.1, 0.15) is 5.82 Å². The molecule has 0 aliphatic heterocycles. The molecule has 2 N–H and O–H groups in total. The second kappa shape index (κ2) is 6.16. The van der Waals surface area contributed by atoms with E-state index in [2.05, 4.69) is 13.8 Å². The Morgan fingerprint density at radius 3 is 2.26 bits per heavy atom. The van der Waals surface area contributed by atoms with Crippen molar-refractivity contribution < 1.29 is 4.39 Å². The van der Waals surface area contributed by atoms with Crippen LogP contribution in [0.1, 0.15) is 44.7 Å². The van der Waals surface area contributed by atoms with Crippen LogP contribution in [0.5, 0.6) is 0 Å². The molecule has 0 heterocycles. The Hall–Kier alpha value is -1.41. The molecule has 19 heavy (non-hydrogen) atoms. The highest BCUT2D eigenvalue weighted by atomic mass is 19.1. The smallest absolute Gasteiger partial charge is 0.131 e. The normalized spacial score (nSPS) is 13.1. The minimum atomic E-state index is -0.172. The molecule has 0 bridgehead atoms. The van der Waals surface area contributed by atoms with Crippen molar-refractivity contribution in [3.05, 3.63) is 47.8 Å². The average Bonchev–Trinajstić information content (AvgIpc) is 2.45. The van der Waals surface area contributed by atoms with Gasteiger partial charge in [0.05, 0.1) is 0 Å². The highest BCUT2D eigenvalue weighted by Gasteiger charge is 2.15. The second-order valence-electron chi connectivity index (χ2n) is 5.21. The lowest BCUT2D eigenvalue weighted by Crippen LogP contribution is -2.15. The Morgan fingerprint density at radius 2 is 1.63 bits per heavy atom. The van der Waals surface area contributed by atoms with Crippen LogP contribution >= 0.6 is 0 Å². The first kappa shape index (κ1) is 14.0. The quantitative estimate of drug-likeness (QED) is 0.819. The molecule has 102 valence electrons. The SMILES string of the molecule is CCC(CC)CC(N)c1ccc(F)c2ccccc12. The van der Waals surface area contributed by atoms with Crippen molar-refractivity contribution >= 4 is 10.8 Å². The van der Waals surface area contributed by atoms with Crippen molar-refractivity contribution in [3.63, 3.8) is 0 Å². The zero-order valence-corrected chi connectivity index (χ0v) is 11.7. The van der Waals surface area contributed by atoms with E-state index in [1.54, 1.807) is 0 Å². The van der Waals surface area contributed by atoms with Gasteiger partial charge in [0.15, 0.2) is 0 Å². The van der Waals surface area contributed by atoms with Crippen LogP contribution in [0.4, 0.5) is 4.39 Å². The van der Waals surface area contributed by atoms with Gasteiger partial charge in [0.25, 0.3) is 0 Å². The number of hydrogen-bond donors (Lipinski definition) is 1. The summed E-state index contributed by atoms with van der Waals surface area (Å²) < 4.78 is 13.8. The topological polar surface area (TPSA) is 26.0 Å². The van der Waals surface area contributed by atoms with Crippen LogP contribution in [0.25, 0.3) is 10.8 Å². The van der Waals surface area contributed by atoms with Crippen molar-refractivity contribution in [3.8, 4) is 0 Å². The molecule has 2 aromatic rings. The van der Waals surface area contributed by atoms with E-state index in [4.69, 9.17) is 5.73 Å². The summed E-state index contributed by atoms with van der Waals surface area (Å²) in [5.74, 6) is 0.466. The van der Waals surface area contributed by atoms with Crippen LogP contribution in [0.15, 0.2) is 36.4 Å². The third-order valence-electron chi connectivity index (χ3n) is 4.05. The molecule has 2 rings (SSSR count). The summed E-state index contributed by atoms with van der Waals surface area (Å²) >= 11 is 0. The van der Waals surface area contributed by atoms with Gasteiger partial charge in [-0.05, 0) is 29.4 Å². The predicted molar refractivity (Wildman–Crippen MR) is 79.5 cm³/mol. The third kappa shape index (κ3) is 2.95. The van der Waals surface area contributed by atoms with Crippen LogP contribution in [0.3, 0.4) is 0 Å². The zero-order chi connectivity index (χ0) is 13.8. The van der Waals surface area contributed by atoms with E-state index >= 15 is 0 Å². The van der Waals surface area contributed by atoms with Gasteiger partial charge in [0.2, 0.25) is 0 Å². The minimum Gasteiger partial charge on any atom is -0.324 e. The highest BCUT2D eigenvalue weighted by molar-refractivity contribution is 5.86. The molecule has 0 saturated carbocycles. The molecular weight excluding hydrogens is 237 g/mol. The number of rotatable bonds is 5. The van der Waals surface area contributed by atoms with Gasteiger partial charge >= 0.3 is 0 Å². The zero-order valence-electron chi connectivity index (χ0n) is 11.7. The molecule has 1 nitrogen and oxygen atoms in total. The Morgan fingerprint density at radius 1 is 1.00 bits per heavy atom. The molecule has 0 saturated heterocycles. The summed E-state index contributed by atoms with van der Waals surface area (Å²) in [6, 6.07) is 10.9. The molecule has 1 unspecified atom stereocenters. The number of fused-ring (bicyclic) bond motifs is 1. The fourth-order valence-electron chi connectivity index (χ4n) is 2.72. The fourth-order valence-corrected chi connectivity index (χ4v) is 2.72. The first-order chi connectivity index (χ1) is 9.17. The van der Waals surface area contributed by atoms with Gasteiger partial charge in [-0.1, -0.05) is 57.0 Å². The summed E-state index contributed by atoms with van der Waals surface area (Å²) in [6.45, 7) is 4.40. The number of hydrogen-bond acceptors (Lipinski definition) is 1. The highest BCUT2D eigenvalue weighted by Crippen LogP contribution is 2.30. The van der Waals surface area contributed by atoms with Crippen LogP contribution in [-0.2, 0) is 0 Å². The summed E-state index contributed by atoms with van der Waals surface area (Å²) in [7, 11) is 0. The number of nitrogens with two attached hydrogens (primary N) is 1. The molecule has 1 atom stereocenters. The molecule has 0 amide bonds. The molecule has 0 radical (unpaired) electrons.